The van der Waals surface area contributed by atoms with Gasteiger partial charge in [0.25, 0.3) is 0 Å². The fourth-order valence-electron chi connectivity index (χ4n) is 1.95. The lowest BCUT2D eigenvalue weighted by molar-refractivity contribution is 0.338. The number of nitrogens with two attached hydrogens (primary N) is 1. The van der Waals surface area contributed by atoms with Crippen LogP contribution in [0.4, 0.5) is 5.69 Å². The first-order chi connectivity index (χ1) is 9.21. The van der Waals surface area contributed by atoms with Gasteiger partial charge in [-0.1, -0.05) is 18.2 Å². The Bertz CT molecular complexity index is 405. The molecular weight excluding hydrogens is 236 g/mol. The lowest BCUT2D eigenvalue weighted by Gasteiger charge is -2.18. The van der Waals surface area contributed by atoms with Crippen molar-refractivity contribution in [2.24, 2.45) is 0 Å². The summed E-state index contributed by atoms with van der Waals surface area (Å²) in [5.74, 6) is 0.764. The fourth-order valence-corrected chi connectivity index (χ4v) is 1.95. The van der Waals surface area contributed by atoms with E-state index in [1.54, 1.807) is 0 Å². The van der Waals surface area contributed by atoms with Crippen LogP contribution in [0.25, 0.3) is 0 Å². The standard InChI is InChI=1S/C16H24N2O/c1-4-10-18(11-5-2)12-9-14-7-8-16(19-6-3)15(17)13-14/h4-5,7-8,13H,1-2,6,9-12,17H2,3H3. The van der Waals surface area contributed by atoms with Gasteiger partial charge in [-0.2, -0.15) is 0 Å². The molecule has 3 heteroatoms. The summed E-state index contributed by atoms with van der Waals surface area (Å²) in [5.41, 5.74) is 7.89. The Labute approximate surface area is 116 Å². The van der Waals surface area contributed by atoms with Crippen LogP contribution in [0.3, 0.4) is 0 Å². The fraction of sp³-hybridized carbons (Fsp3) is 0.375. The molecule has 0 heterocycles. The van der Waals surface area contributed by atoms with Crippen molar-refractivity contribution in [2.45, 2.75) is 13.3 Å². The van der Waals surface area contributed by atoms with Gasteiger partial charge in [0.2, 0.25) is 0 Å². The van der Waals surface area contributed by atoms with E-state index < -0.39 is 0 Å². The number of rotatable bonds is 9. The van der Waals surface area contributed by atoms with Crippen LogP contribution in [-0.4, -0.2) is 31.1 Å². The van der Waals surface area contributed by atoms with Crippen molar-refractivity contribution in [3.63, 3.8) is 0 Å². The van der Waals surface area contributed by atoms with Gasteiger partial charge < -0.3 is 10.5 Å². The van der Waals surface area contributed by atoms with Gasteiger partial charge in [0.15, 0.2) is 0 Å². The predicted octanol–water partition coefficient (Wildman–Crippen LogP) is 2.88. The third kappa shape index (κ3) is 5.18. The maximum Gasteiger partial charge on any atom is 0.142 e. The van der Waals surface area contributed by atoms with Crippen molar-refractivity contribution in [1.29, 1.82) is 0 Å². The summed E-state index contributed by atoms with van der Waals surface area (Å²) >= 11 is 0. The second-order valence-electron chi connectivity index (χ2n) is 4.39. The number of hydrogen-bond donors (Lipinski definition) is 1. The topological polar surface area (TPSA) is 38.5 Å². The number of nitrogens with zero attached hydrogens (tertiary/aromatic N) is 1. The normalized spacial score (nSPS) is 10.4. The first-order valence-electron chi connectivity index (χ1n) is 6.66. The minimum Gasteiger partial charge on any atom is -0.492 e. The van der Waals surface area contributed by atoms with Gasteiger partial charge in [0.05, 0.1) is 12.3 Å². The second-order valence-corrected chi connectivity index (χ2v) is 4.39. The van der Waals surface area contributed by atoms with Crippen LogP contribution in [0.5, 0.6) is 5.75 Å². The first-order valence-corrected chi connectivity index (χ1v) is 6.66. The minimum absolute atomic E-state index is 0.635. The van der Waals surface area contributed by atoms with Crippen LogP contribution in [-0.2, 0) is 6.42 Å². The third-order valence-electron chi connectivity index (χ3n) is 2.87. The molecule has 0 aliphatic heterocycles. The molecule has 0 saturated heterocycles. The Morgan fingerprint density at radius 2 is 1.95 bits per heavy atom. The molecule has 0 aliphatic carbocycles. The summed E-state index contributed by atoms with van der Waals surface area (Å²) < 4.78 is 5.43. The van der Waals surface area contributed by atoms with Crippen molar-refractivity contribution in [2.75, 3.05) is 32.0 Å². The molecule has 1 rings (SSSR count). The first kappa shape index (κ1) is 15.3. The molecule has 0 amide bonds. The zero-order valence-corrected chi connectivity index (χ0v) is 11.8. The molecule has 0 aliphatic rings. The summed E-state index contributed by atoms with van der Waals surface area (Å²) in [6, 6.07) is 6.01. The van der Waals surface area contributed by atoms with E-state index in [1.807, 2.05) is 31.2 Å². The summed E-state index contributed by atoms with van der Waals surface area (Å²) in [6.07, 6.45) is 4.78. The van der Waals surface area contributed by atoms with Crippen LogP contribution in [0, 0.1) is 0 Å². The largest absolute Gasteiger partial charge is 0.492 e. The van der Waals surface area contributed by atoms with E-state index in [2.05, 4.69) is 24.1 Å². The summed E-state index contributed by atoms with van der Waals surface area (Å²) in [6.45, 7) is 12.8. The van der Waals surface area contributed by atoms with E-state index in [0.717, 1.165) is 31.8 Å². The van der Waals surface area contributed by atoms with Crippen molar-refractivity contribution < 1.29 is 4.74 Å². The van der Waals surface area contributed by atoms with Crippen LogP contribution < -0.4 is 10.5 Å². The maximum atomic E-state index is 5.96. The van der Waals surface area contributed by atoms with Gasteiger partial charge in [-0.05, 0) is 31.0 Å². The highest BCUT2D eigenvalue weighted by atomic mass is 16.5. The lowest BCUT2D eigenvalue weighted by atomic mass is 10.1. The Morgan fingerprint density at radius 3 is 2.47 bits per heavy atom. The predicted molar refractivity (Wildman–Crippen MR) is 82.6 cm³/mol. The molecule has 1 aromatic rings. The Kier molecular flexibility index (Phi) is 6.75. The average molecular weight is 260 g/mol. The zero-order valence-electron chi connectivity index (χ0n) is 11.8. The van der Waals surface area contributed by atoms with E-state index in [4.69, 9.17) is 10.5 Å². The smallest absolute Gasteiger partial charge is 0.142 e. The van der Waals surface area contributed by atoms with Crippen LogP contribution in [0.1, 0.15) is 12.5 Å². The van der Waals surface area contributed by atoms with Crippen molar-refractivity contribution in [1.82, 2.24) is 4.90 Å². The number of hydrogen-bond acceptors (Lipinski definition) is 3. The van der Waals surface area contributed by atoms with Gasteiger partial charge >= 0.3 is 0 Å². The Morgan fingerprint density at radius 1 is 1.26 bits per heavy atom. The molecule has 0 aromatic heterocycles. The molecule has 2 N–H and O–H groups in total. The molecule has 19 heavy (non-hydrogen) atoms. The second kappa shape index (κ2) is 8.38. The van der Waals surface area contributed by atoms with Gasteiger partial charge in [0, 0.05) is 19.6 Å². The van der Waals surface area contributed by atoms with E-state index in [0.29, 0.717) is 12.3 Å². The highest BCUT2D eigenvalue weighted by Crippen LogP contribution is 2.22. The third-order valence-corrected chi connectivity index (χ3v) is 2.87. The van der Waals surface area contributed by atoms with Crippen molar-refractivity contribution >= 4 is 5.69 Å². The van der Waals surface area contributed by atoms with Crippen molar-refractivity contribution in [3.05, 3.63) is 49.1 Å². The minimum atomic E-state index is 0.635. The van der Waals surface area contributed by atoms with E-state index >= 15 is 0 Å². The highest BCUT2D eigenvalue weighted by Gasteiger charge is 2.04. The molecule has 0 unspecified atom stereocenters. The molecule has 0 atom stereocenters. The zero-order chi connectivity index (χ0) is 14.1. The monoisotopic (exact) mass is 260 g/mol. The molecule has 104 valence electrons. The number of anilines is 1. The quantitative estimate of drug-likeness (QED) is 0.548. The summed E-state index contributed by atoms with van der Waals surface area (Å²) in [4.78, 5) is 2.28. The highest BCUT2D eigenvalue weighted by molar-refractivity contribution is 5.54. The number of ether oxygens (including phenoxy) is 1. The van der Waals surface area contributed by atoms with Gasteiger partial charge in [-0.3, -0.25) is 4.90 Å². The van der Waals surface area contributed by atoms with Crippen LogP contribution in [0.15, 0.2) is 43.5 Å². The van der Waals surface area contributed by atoms with Gasteiger partial charge in [0.1, 0.15) is 5.75 Å². The average Bonchev–Trinajstić information content (AvgIpc) is 2.39. The number of nitrogen functional groups attached to an aromatic ring is 1. The van der Waals surface area contributed by atoms with Gasteiger partial charge in [-0.25, -0.2) is 0 Å². The molecule has 0 fully saturated rings. The lowest BCUT2D eigenvalue weighted by Crippen LogP contribution is -2.26. The molecule has 3 nitrogen and oxygen atoms in total. The summed E-state index contributed by atoms with van der Waals surface area (Å²) in [5, 5.41) is 0. The maximum absolute atomic E-state index is 5.96. The molecule has 0 saturated carbocycles. The molecule has 1 aromatic carbocycles. The number of benzene rings is 1. The van der Waals surface area contributed by atoms with Crippen LogP contribution in [0.2, 0.25) is 0 Å². The van der Waals surface area contributed by atoms with E-state index in [-0.39, 0.29) is 0 Å². The SMILES string of the molecule is C=CCN(CC=C)CCc1ccc(OCC)c(N)c1. The molecule has 0 spiro atoms. The van der Waals surface area contributed by atoms with Crippen molar-refractivity contribution in [3.8, 4) is 5.75 Å². The van der Waals surface area contributed by atoms with E-state index in [9.17, 15) is 0 Å². The van der Waals surface area contributed by atoms with Crippen LogP contribution >= 0.6 is 0 Å². The Balaban J connectivity index is 2.58. The molecule has 0 radical (unpaired) electrons. The Hall–Kier alpha value is -1.74. The van der Waals surface area contributed by atoms with E-state index in [1.165, 1.54) is 5.56 Å². The summed E-state index contributed by atoms with van der Waals surface area (Å²) in [7, 11) is 0. The molecular formula is C16H24N2O. The molecule has 0 bridgehead atoms. The van der Waals surface area contributed by atoms with Gasteiger partial charge in [-0.15, -0.1) is 13.2 Å².